The maximum atomic E-state index is 11.0. The van der Waals surface area contributed by atoms with Crippen LogP contribution in [0.3, 0.4) is 0 Å². The van der Waals surface area contributed by atoms with Gasteiger partial charge in [0, 0.05) is 0 Å². The number of guanidine groups is 1. The van der Waals surface area contributed by atoms with E-state index in [0.29, 0.717) is 12.3 Å². The van der Waals surface area contributed by atoms with E-state index in [2.05, 4.69) is 4.99 Å². The van der Waals surface area contributed by atoms with Gasteiger partial charge in [-0.1, -0.05) is 6.92 Å². The molecule has 5 nitrogen and oxygen atoms in total. The summed E-state index contributed by atoms with van der Waals surface area (Å²) < 4.78 is 0. The Bertz CT molecular complexity index is 269. The third-order valence-electron chi connectivity index (χ3n) is 2.46. The predicted octanol–water partition coefficient (Wildman–Crippen LogP) is 0.371. The maximum Gasteiger partial charge on any atom is 0.186 e. The topological polar surface area (TPSA) is 107 Å². The minimum atomic E-state index is -0.384. The fourth-order valence-electron chi connectivity index (χ4n) is 1.93. The molecule has 0 saturated heterocycles. The van der Waals surface area contributed by atoms with Gasteiger partial charge in [-0.3, -0.25) is 4.79 Å². The summed E-state index contributed by atoms with van der Waals surface area (Å²) in [6.07, 6.45) is 1.46. The number of nitrogens with zero attached hydrogens (tertiary/aromatic N) is 1. The highest BCUT2D eigenvalue weighted by Crippen LogP contribution is 2.23. The molecule has 0 saturated carbocycles. The lowest BCUT2D eigenvalue weighted by Gasteiger charge is -2.25. The van der Waals surface area contributed by atoms with Gasteiger partial charge >= 0.3 is 0 Å². The lowest BCUT2D eigenvalue weighted by atomic mass is 9.87. The van der Waals surface area contributed by atoms with Crippen LogP contribution in [-0.2, 0) is 4.79 Å². The number of aliphatic imine (C=N–C) groups is 1. The van der Waals surface area contributed by atoms with Gasteiger partial charge < -0.3 is 17.2 Å². The van der Waals surface area contributed by atoms with Crippen molar-refractivity contribution in [3.63, 3.8) is 0 Å². The average molecular weight is 228 g/mol. The maximum absolute atomic E-state index is 11.0. The normalized spacial score (nSPS) is 15.3. The van der Waals surface area contributed by atoms with Crippen LogP contribution in [0.5, 0.6) is 0 Å². The van der Waals surface area contributed by atoms with Gasteiger partial charge in [-0.2, -0.15) is 0 Å². The van der Waals surface area contributed by atoms with Crippen LogP contribution in [-0.4, -0.2) is 23.3 Å². The summed E-state index contributed by atoms with van der Waals surface area (Å²) in [6.45, 7) is 7.48. The molecule has 2 atom stereocenters. The Morgan fingerprint density at radius 2 is 1.88 bits per heavy atom. The summed E-state index contributed by atoms with van der Waals surface area (Å²) >= 11 is 0. The Morgan fingerprint density at radius 3 is 2.25 bits per heavy atom. The molecule has 6 N–H and O–H groups in total. The zero-order valence-electron chi connectivity index (χ0n) is 10.7. The van der Waals surface area contributed by atoms with Crippen molar-refractivity contribution in [3.05, 3.63) is 0 Å². The monoisotopic (exact) mass is 228 g/mol. The van der Waals surface area contributed by atoms with E-state index in [0.717, 1.165) is 6.42 Å². The highest BCUT2D eigenvalue weighted by atomic mass is 16.1. The third-order valence-corrected chi connectivity index (χ3v) is 2.46. The Kier molecular flexibility index (Phi) is 5.44. The molecule has 0 rings (SSSR count). The second kappa shape index (κ2) is 5.84. The number of nitrogens with two attached hydrogens (primary N) is 3. The van der Waals surface area contributed by atoms with Crippen molar-refractivity contribution in [1.29, 1.82) is 0 Å². The summed E-state index contributed by atoms with van der Waals surface area (Å²) in [5, 5.41) is 0. The van der Waals surface area contributed by atoms with Gasteiger partial charge in [-0.25, -0.2) is 4.99 Å². The zero-order chi connectivity index (χ0) is 12.9. The number of hydrogen-bond acceptors (Lipinski definition) is 3. The standard InChI is InChI=1S/C11H24N4O/c1-7(5-9(12)8(2)16)6-11(3,4)15-10(13)14/h7,9H,5-6,12H2,1-4H3,(H4,13,14,15). The number of carbonyl (C=O) groups excluding carboxylic acids is 1. The number of rotatable bonds is 6. The van der Waals surface area contributed by atoms with Crippen molar-refractivity contribution in [3.8, 4) is 0 Å². The van der Waals surface area contributed by atoms with E-state index in [1.54, 1.807) is 0 Å². The van der Waals surface area contributed by atoms with E-state index in [9.17, 15) is 4.79 Å². The molecule has 5 heteroatoms. The van der Waals surface area contributed by atoms with Gasteiger partial charge in [0.25, 0.3) is 0 Å². The van der Waals surface area contributed by atoms with E-state index in [-0.39, 0.29) is 23.3 Å². The van der Waals surface area contributed by atoms with Gasteiger partial charge in [0.2, 0.25) is 0 Å². The van der Waals surface area contributed by atoms with Crippen LogP contribution in [0.15, 0.2) is 4.99 Å². The highest BCUT2D eigenvalue weighted by molar-refractivity contribution is 5.81. The summed E-state index contributed by atoms with van der Waals surface area (Å²) in [7, 11) is 0. The molecular formula is C11H24N4O. The first kappa shape index (κ1) is 14.9. The zero-order valence-corrected chi connectivity index (χ0v) is 10.7. The van der Waals surface area contributed by atoms with E-state index < -0.39 is 0 Å². The van der Waals surface area contributed by atoms with Crippen LogP contribution < -0.4 is 17.2 Å². The fraction of sp³-hybridized carbons (Fsp3) is 0.818. The van der Waals surface area contributed by atoms with E-state index in [1.807, 2.05) is 20.8 Å². The van der Waals surface area contributed by atoms with Crippen molar-refractivity contribution < 1.29 is 4.79 Å². The van der Waals surface area contributed by atoms with Gasteiger partial charge in [-0.15, -0.1) is 0 Å². The molecule has 0 aliphatic rings. The van der Waals surface area contributed by atoms with Crippen molar-refractivity contribution in [2.45, 2.75) is 52.1 Å². The first-order valence-electron chi connectivity index (χ1n) is 5.51. The molecule has 0 aromatic carbocycles. The minimum absolute atomic E-state index is 0.0199. The summed E-state index contributed by atoms with van der Waals surface area (Å²) in [5.74, 6) is 0.413. The quantitative estimate of drug-likeness (QED) is 0.451. The van der Waals surface area contributed by atoms with Crippen LogP contribution in [0, 0.1) is 5.92 Å². The SMILES string of the molecule is CC(=O)C(N)CC(C)CC(C)(C)N=C(N)N. The lowest BCUT2D eigenvalue weighted by molar-refractivity contribution is -0.118. The molecule has 2 unspecified atom stereocenters. The highest BCUT2D eigenvalue weighted by Gasteiger charge is 2.22. The third kappa shape index (κ3) is 6.40. The molecule has 0 aromatic heterocycles. The van der Waals surface area contributed by atoms with E-state index in [1.165, 1.54) is 6.92 Å². The molecule has 0 radical (unpaired) electrons. The van der Waals surface area contributed by atoms with E-state index in [4.69, 9.17) is 17.2 Å². The van der Waals surface area contributed by atoms with Crippen molar-refractivity contribution in [2.24, 2.45) is 28.1 Å². The summed E-state index contributed by atoms with van der Waals surface area (Å²) in [6, 6.07) is -0.384. The molecular weight excluding hydrogens is 204 g/mol. The van der Waals surface area contributed by atoms with Crippen molar-refractivity contribution in [2.75, 3.05) is 0 Å². The molecule has 0 aliphatic carbocycles. The first-order chi connectivity index (χ1) is 7.14. The molecule has 0 spiro atoms. The predicted molar refractivity (Wildman–Crippen MR) is 66.9 cm³/mol. The van der Waals surface area contributed by atoms with Crippen molar-refractivity contribution >= 4 is 11.7 Å². The molecule has 0 aliphatic heterocycles. The number of ketones is 1. The number of Topliss-reactive ketones (excluding diaryl/α,β-unsaturated/α-hetero) is 1. The molecule has 0 heterocycles. The van der Waals surface area contributed by atoms with Gasteiger partial charge in [0.1, 0.15) is 5.78 Å². The van der Waals surface area contributed by atoms with Gasteiger partial charge in [0.05, 0.1) is 11.6 Å². The molecule has 0 bridgehead atoms. The summed E-state index contributed by atoms with van der Waals surface area (Å²) in [5.41, 5.74) is 16.1. The smallest absolute Gasteiger partial charge is 0.186 e. The second-order valence-electron chi connectivity index (χ2n) is 5.11. The Morgan fingerprint density at radius 1 is 1.38 bits per heavy atom. The Labute approximate surface area is 97.5 Å². The largest absolute Gasteiger partial charge is 0.370 e. The molecule has 16 heavy (non-hydrogen) atoms. The van der Waals surface area contributed by atoms with Gasteiger partial charge in [-0.05, 0) is 39.5 Å². The lowest BCUT2D eigenvalue weighted by Crippen LogP contribution is -2.34. The van der Waals surface area contributed by atoms with Crippen LogP contribution in [0.2, 0.25) is 0 Å². The van der Waals surface area contributed by atoms with Crippen LogP contribution in [0.4, 0.5) is 0 Å². The Balaban J connectivity index is 4.29. The summed E-state index contributed by atoms with van der Waals surface area (Å²) in [4.78, 5) is 15.2. The number of hydrogen-bond donors (Lipinski definition) is 3. The molecule has 0 aromatic rings. The second-order valence-corrected chi connectivity index (χ2v) is 5.11. The van der Waals surface area contributed by atoms with Crippen LogP contribution >= 0.6 is 0 Å². The van der Waals surface area contributed by atoms with Crippen LogP contribution in [0.1, 0.15) is 40.5 Å². The molecule has 94 valence electrons. The minimum Gasteiger partial charge on any atom is -0.370 e. The molecule has 0 fully saturated rings. The number of carbonyl (C=O) groups is 1. The van der Waals surface area contributed by atoms with E-state index >= 15 is 0 Å². The molecule has 0 amide bonds. The first-order valence-corrected chi connectivity index (χ1v) is 5.51. The van der Waals surface area contributed by atoms with Crippen molar-refractivity contribution in [1.82, 2.24) is 0 Å². The fourth-order valence-corrected chi connectivity index (χ4v) is 1.93. The average Bonchev–Trinajstić information content (AvgIpc) is 1.98. The van der Waals surface area contributed by atoms with Gasteiger partial charge in [0.15, 0.2) is 5.96 Å². The van der Waals surface area contributed by atoms with Crippen LogP contribution in [0.25, 0.3) is 0 Å². The Hall–Kier alpha value is -1.10.